The van der Waals surface area contributed by atoms with Crippen LogP contribution in [0.2, 0.25) is 0 Å². The molecule has 0 saturated carbocycles. The number of aromatic nitrogens is 4. The molecule has 0 fully saturated rings. The Morgan fingerprint density at radius 1 is 1.16 bits per heavy atom. The molecule has 7 heteroatoms. The van der Waals surface area contributed by atoms with Gasteiger partial charge in [-0.25, -0.2) is 4.68 Å². The maximum atomic E-state index is 12.3. The number of carbonyl (C=O) groups excluding carboxylic acids is 1. The lowest BCUT2D eigenvalue weighted by atomic mass is 10.0. The smallest absolute Gasteiger partial charge is 0.269 e. The molecule has 7 nitrogen and oxygen atoms in total. The Morgan fingerprint density at radius 3 is 2.80 bits per heavy atom. The van der Waals surface area contributed by atoms with Crippen molar-refractivity contribution in [2.75, 3.05) is 13.2 Å². The summed E-state index contributed by atoms with van der Waals surface area (Å²) in [6.45, 7) is 0.317. The largest absolute Gasteiger partial charge is 0.396 e. The zero-order chi connectivity index (χ0) is 17.5. The van der Waals surface area contributed by atoms with E-state index in [2.05, 4.69) is 20.4 Å². The van der Waals surface area contributed by atoms with Crippen LogP contribution >= 0.6 is 0 Å². The first-order valence-corrected chi connectivity index (χ1v) is 8.01. The van der Waals surface area contributed by atoms with Crippen LogP contribution in [0.4, 0.5) is 0 Å². The predicted molar refractivity (Wildman–Crippen MR) is 92.2 cm³/mol. The van der Waals surface area contributed by atoms with Gasteiger partial charge < -0.3 is 10.4 Å². The summed E-state index contributed by atoms with van der Waals surface area (Å²) >= 11 is 0. The number of nitrogens with one attached hydrogen (secondary N) is 1. The van der Waals surface area contributed by atoms with Crippen molar-refractivity contribution < 1.29 is 9.90 Å². The van der Waals surface area contributed by atoms with Gasteiger partial charge >= 0.3 is 0 Å². The molecular weight excluding hydrogens is 318 g/mol. The highest BCUT2D eigenvalue weighted by molar-refractivity contribution is 5.92. The molecule has 1 atom stereocenters. The highest BCUT2D eigenvalue weighted by Gasteiger charge is 2.14. The van der Waals surface area contributed by atoms with Gasteiger partial charge in [0.15, 0.2) is 0 Å². The first-order valence-electron chi connectivity index (χ1n) is 8.01. The number of carbonyl (C=O) groups is 1. The lowest BCUT2D eigenvalue weighted by Crippen LogP contribution is -2.32. The number of hydrogen-bond acceptors (Lipinski definition) is 5. The fraction of sp³-hybridized carbons (Fsp3) is 0.222. The van der Waals surface area contributed by atoms with Gasteiger partial charge in [-0.1, -0.05) is 6.07 Å². The number of pyridine rings is 2. The molecule has 3 aromatic heterocycles. The van der Waals surface area contributed by atoms with Crippen LogP contribution < -0.4 is 5.32 Å². The number of nitrogens with zero attached hydrogens (tertiary/aromatic N) is 4. The second-order valence-corrected chi connectivity index (χ2v) is 5.63. The Balaban J connectivity index is 1.61. The molecule has 25 heavy (non-hydrogen) atoms. The lowest BCUT2D eigenvalue weighted by Gasteiger charge is -2.14. The normalized spacial score (nSPS) is 11.9. The zero-order valence-corrected chi connectivity index (χ0v) is 13.6. The Labute approximate surface area is 145 Å². The molecule has 3 heterocycles. The number of rotatable bonds is 7. The first-order chi connectivity index (χ1) is 12.3. The van der Waals surface area contributed by atoms with E-state index in [0.29, 0.717) is 18.7 Å². The monoisotopic (exact) mass is 337 g/mol. The van der Waals surface area contributed by atoms with Crippen LogP contribution in [0.15, 0.2) is 61.2 Å². The van der Waals surface area contributed by atoms with Crippen LogP contribution in [0.1, 0.15) is 16.2 Å². The second kappa shape index (κ2) is 8.16. The Kier molecular flexibility index (Phi) is 5.48. The molecule has 1 amide bonds. The van der Waals surface area contributed by atoms with Gasteiger partial charge in [0.25, 0.3) is 5.91 Å². The van der Waals surface area contributed by atoms with Crippen molar-refractivity contribution in [3.63, 3.8) is 0 Å². The molecule has 3 aromatic rings. The fourth-order valence-corrected chi connectivity index (χ4v) is 2.45. The fourth-order valence-electron chi connectivity index (χ4n) is 2.45. The standard InChI is InChI=1S/C18H19N5O2/c24-13-14(10-15-4-1-2-6-19-15)12-21-18(25)17-11-16(5-8-20-17)23-9-3-7-22-23/h1-9,11,14,24H,10,12-13H2,(H,21,25). The molecule has 2 N–H and O–H groups in total. The van der Waals surface area contributed by atoms with Gasteiger partial charge in [0, 0.05) is 49.6 Å². The van der Waals surface area contributed by atoms with E-state index in [1.165, 1.54) is 0 Å². The molecule has 0 aliphatic rings. The van der Waals surface area contributed by atoms with Crippen molar-refractivity contribution in [1.82, 2.24) is 25.1 Å². The van der Waals surface area contributed by atoms with Crippen molar-refractivity contribution in [1.29, 1.82) is 0 Å². The van der Waals surface area contributed by atoms with Gasteiger partial charge in [0.05, 0.1) is 5.69 Å². The van der Waals surface area contributed by atoms with Crippen LogP contribution in [-0.2, 0) is 6.42 Å². The Bertz CT molecular complexity index is 805. The second-order valence-electron chi connectivity index (χ2n) is 5.63. The zero-order valence-electron chi connectivity index (χ0n) is 13.6. The summed E-state index contributed by atoms with van der Waals surface area (Å²) in [7, 11) is 0. The molecule has 0 aliphatic heterocycles. The van der Waals surface area contributed by atoms with Crippen molar-refractivity contribution in [3.8, 4) is 5.69 Å². The lowest BCUT2D eigenvalue weighted by molar-refractivity contribution is 0.0935. The van der Waals surface area contributed by atoms with Gasteiger partial charge in [-0.3, -0.25) is 14.8 Å². The average Bonchev–Trinajstić information content (AvgIpc) is 3.20. The third-order valence-electron chi connectivity index (χ3n) is 3.78. The van der Waals surface area contributed by atoms with Gasteiger partial charge in [0.1, 0.15) is 5.69 Å². The highest BCUT2D eigenvalue weighted by Crippen LogP contribution is 2.08. The van der Waals surface area contributed by atoms with Crippen molar-refractivity contribution in [2.24, 2.45) is 5.92 Å². The molecular formula is C18H19N5O2. The van der Waals surface area contributed by atoms with Crippen LogP contribution in [0.5, 0.6) is 0 Å². The Morgan fingerprint density at radius 2 is 2.08 bits per heavy atom. The molecule has 1 unspecified atom stereocenters. The quantitative estimate of drug-likeness (QED) is 0.677. The minimum atomic E-state index is -0.284. The maximum absolute atomic E-state index is 12.3. The average molecular weight is 337 g/mol. The third kappa shape index (κ3) is 4.48. The van der Waals surface area contributed by atoms with E-state index in [1.54, 1.807) is 41.6 Å². The molecule has 3 rings (SSSR count). The summed E-state index contributed by atoms with van der Waals surface area (Å²) < 4.78 is 1.66. The molecule has 0 bridgehead atoms. The highest BCUT2D eigenvalue weighted by atomic mass is 16.3. The molecule has 128 valence electrons. The van der Waals surface area contributed by atoms with Crippen molar-refractivity contribution in [3.05, 3.63) is 72.6 Å². The minimum absolute atomic E-state index is 0.0301. The van der Waals surface area contributed by atoms with Crippen molar-refractivity contribution in [2.45, 2.75) is 6.42 Å². The molecule has 0 radical (unpaired) electrons. The van der Waals surface area contributed by atoms with Gasteiger partial charge in [-0.15, -0.1) is 0 Å². The van der Waals surface area contributed by atoms with Gasteiger partial charge in [0.2, 0.25) is 0 Å². The third-order valence-corrected chi connectivity index (χ3v) is 3.78. The summed E-state index contributed by atoms with van der Waals surface area (Å²) in [5.41, 5.74) is 1.95. The summed E-state index contributed by atoms with van der Waals surface area (Å²) in [5, 5.41) is 16.5. The molecule has 0 spiro atoms. The molecule has 0 aliphatic carbocycles. The number of aliphatic hydroxyl groups is 1. The molecule has 0 saturated heterocycles. The van der Waals surface area contributed by atoms with Crippen LogP contribution in [0, 0.1) is 5.92 Å². The van der Waals surface area contributed by atoms with E-state index < -0.39 is 0 Å². The number of hydrogen-bond donors (Lipinski definition) is 2. The van der Waals surface area contributed by atoms with Crippen LogP contribution in [0.25, 0.3) is 5.69 Å². The van der Waals surface area contributed by atoms with E-state index in [-0.39, 0.29) is 18.4 Å². The van der Waals surface area contributed by atoms with E-state index in [9.17, 15) is 9.90 Å². The summed E-state index contributed by atoms with van der Waals surface area (Å²) in [6.07, 6.45) is 7.35. The van der Waals surface area contributed by atoms with E-state index in [0.717, 1.165) is 11.4 Å². The van der Waals surface area contributed by atoms with E-state index >= 15 is 0 Å². The predicted octanol–water partition coefficient (Wildman–Crippen LogP) is 1.24. The molecule has 0 aromatic carbocycles. The van der Waals surface area contributed by atoms with Crippen molar-refractivity contribution >= 4 is 5.91 Å². The number of amides is 1. The maximum Gasteiger partial charge on any atom is 0.269 e. The summed E-state index contributed by atoms with van der Waals surface area (Å²) in [4.78, 5) is 20.7. The summed E-state index contributed by atoms with van der Waals surface area (Å²) in [5.74, 6) is -0.387. The van der Waals surface area contributed by atoms with E-state index in [1.807, 2.05) is 24.3 Å². The van der Waals surface area contributed by atoms with Gasteiger partial charge in [-0.2, -0.15) is 5.10 Å². The first kappa shape index (κ1) is 16.8. The topological polar surface area (TPSA) is 92.9 Å². The summed E-state index contributed by atoms with van der Waals surface area (Å²) in [6, 6.07) is 10.9. The Hall–Kier alpha value is -3.06. The SMILES string of the molecule is O=C(NCC(CO)Cc1ccccn1)c1cc(-n2cccn2)ccn1. The van der Waals surface area contributed by atoms with Crippen LogP contribution in [-0.4, -0.2) is 43.9 Å². The minimum Gasteiger partial charge on any atom is -0.396 e. The van der Waals surface area contributed by atoms with Gasteiger partial charge in [-0.05, 0) is 36.8 Å². The van der Waals surface area contributed by atoms with Crippen LogP contribution in [0.3, 0.4) is 0 Å². The van der Waals surface area contributed by atoms with E-state index in [4.69, 9.17) is 0 Å². The number of aliphatic hydroxyl groups excluding tert-OH is 1.